The second kappa shape index (κ2) is 18.0. The van der Waals surface area contributed by atoms with E-state index in [0.29, 0.717) is 44.7 Å². The predicted octanol–water partition coefficient (Wildman–Crippen LogP) is 2.61. The number of fused-ring (bicyclic) bond motifs is 1. The molecule has 5 rings (SSSR count). The van der Waals surface area contributed by atoms with E-state index < -0.39 is 5.41 Å². The first-order valence-corrected chi connectivity index (χ1v) is 17.9. The first kappa shape index (κ1) is 37.6. The number of allylic oxidation sites excluding steroid dienone is 2. The SMILES string of the molecule is C=C1/N=C\C=C/CCc2ccc(NC(=O)CN(Cc3ccccc3CNC)C(=O)C3(C)CCN(CC(=O)N4CCNCC4)CC3)cc2CC(=O)N1. The van der Waals surface area contributed by atoms with Crippen LogP contribution in [0, 0.1) is 5.41 Å². The molecule has 0 bridgehead atoms. The summed E-state index contributed by atoms with van der Waals surface area (Å²) in [5.74, 6) is -0.236. The second-order valence-electron chi connectivity index (χ2n) is 13.9. The van der Waals surface area contributed by atoms with E-state index in [0.717, 1.165) is 61.3 Å². The van der Waals surface area contributed by atoms with Crippen molar-refractivity contribution in [3.05, 3.63) is 89.3 Å². The van der Waals surface area contributed by atoms with E-state index in [4.69, 9.17) is 0 Å². The Balaban J connectivity index is 1.30. The Morgan fingerprint density at radius 3 is 2.51 bits per heavy atom. The number of anilines is 1. The Labute approximate surface area is 301 Å². The number of carbonyl (C=O) groups is 4. The van der Waals surface area contributed by atoms with Crippen LogP contribution >= 0.6 is 0 Å². The molecule has 3 aliphatic heterocycles. The second-order valence-corrected chi connectivity index (χ2v) is 13.9. The highest BCUT2D eigenvalue weighted by Crippen LogP contribution is 2.34. The molecule has 2 fully saturated rings. The number of piperazine rings is 1. The number of aryl methyl sites for hydroxylation is 1. The summed E-state index contributed by atoms with van der Waals surface area (Å²) in [5, 5.41) is 12.2. The van der Waals surface area contributed by atoms with Gasteiger partial charge in [0, 0.05) is 56.6 Å². The molecule has 4 N–H and O–H groups in total. The van der Waals surface area contributed by atoms with Crippen LogP contribution in [0.1, 0.15) is 48.4 Å². The van der Waals surface area contributed by atoms with Crippen molar-refractivity contribution in [1.29, 1.82) is 0 Å². The van der Waals surface area contributed by atoms with Crippen molar-refractivity contribution in [3.8, 4) is 0 Å². The zero-order valence-electron chi connectivity index (χ0n) is 30.0. The van der Waals surface area contributed by atoms with Crippen LogP contribution in [0.4, 0.5) is 5.69 Å². The fourth-order valence-electron chi connectivity index (χ4n) is 6.91. The van der Waals surface area contributed by atoms with E-state index in [1.165, 1.54) is 0 Å². The molecule has 3 aliphatic rings. The van der Waals surface area contributed by atoms with Gasteiger partial charge >= 0.3 is 0 Å². The van der Waals surface area contributed by atoms with Gasteiger partial charge in [0.05, 0.1) is 13.0 Å². The molecule has 0 saturated carbocycles. The van der Waals surface area contributed by atoms with Gasteiger partial charge in [-0.2, -0.15) is 0 Å². The maximum absolute atomic E-state index is 14.5. The molecule has 12 nitrogen and oxygen atoms in total. The highest BCUT2D eigenvalue weighted by atomic mass is 16.2. The van der Waals surface area contributed by atoms with Crippen LogP contribution in [0.15, 0.2) is 72.0 Å². The molecule has 2 aromatic carbocycles. The summed E-state index contributed by atoms with van der Waals surface area (Å²) in [4.78, 5) is 63.7. The minimum absolute atomic E-state index is 0.0740. The van der Waals surface area contributed by atoms with Crippen LogP contribution < -0.4 is 21.3 Å². The third-order valence-electron chi connectivity index (χ3n) is 9.93. The third kappa shape index (κ3) is 10.7. The molecule has 0 spiro atoms. The van der Waals surface area contributed by atoms with Gasteiger partial charge in [0.15, 0.2) is 0 Å². The van der Waals surface area contributed by atoms with Crippen molar-refractivity contribution < 1.29 is 19.2 Å². The number of amides is 4. The van der Waals surface area contributed by atoms with Gasteiger partial charge in [-0.1, -0.05) is 49.9 Å². The highest BCUT2D eigenvalue weighted by Gasteiger charge is 2.40. The first-order valence-electron chi connectivity index (χ1n) is 17.9. The van der Waals surface area contributed by atoms with Gasteiger partial charge in [0.2, 0.25) is 23.6 Å². The number of hydrogen-bond acceptors (Lipinski definition) is 8. The Kier molecular flexibility index (Phi) is 13.3. The number of benzene rings is 2. The number of hydrogen-bond donors (Lipinski definition) is 4. The normalized spacial score (nSPS) is 19.5. The molecule has 51 heavy (non-hydrogen) atoms. The Hall–Kier alpha value is -4.65. The predicted molar refractivity (Wildman–Crippen MR) is 200 cm³/mol. The van der Waals surface area contributed by atoms with E-state index >= 15 is 0 Å². The van der Waals surface area contributed by atoms with Gasteiger partial charge in [-0.15, -0.1) is 0 Å². The van der Waals surface area contributed by atoms with Gasteiger partial charge in [0.25, 0.3) is 0 Å². The smallest absolute Gasteiger partial charge is 0.244 e. The summed E-state index contributed by atoms with van der Waals surface area (Å²) in [6, 6.07) is 13.6. The molecule has 2 aromatic rings. The number of piperidine rings is 1. The Morgan fingerprint density at radius 1 is 1.02 bits per heavy atom. The number of rotatable bonds is 10. The number of carbonyl (C=O) groups excluding carboxylic acids is 4. The summed E-state index contributed by atoms with van der Waals surface area (Å²) in [7, 11) is 1.88. The maximum Gasteiger partial charge on any atom is 0.244 e. The topological polar surface area (TPSA) is 138 Å². The maximum atomic E-state index is 14.5. The number of nitrogens with one attached hydrogen (secondary N) is 4. The first-order chi connectivity index (χ1) is 24.6. The molecular weight excluding hydrogens is 644 g/mol. The van der Waals surface area contributed by atoms with Crippen LogP contribution in [-0.2, 0) is 45.1 Å². The molecule has 272 valence electrons. The van der Waals surface area contributed by atoms with Crippen LogP contribution in [0.3, 0.4) is 0 Å². The van der Waals surface area contributed by atoms with Crippen molar-refractivity contribution in [1.82, 2.24) is 30.7 Å². The van der Waals surface area contributed by atoms with Gasteiger partial charge < -0.3 is 31.1 Å². The molecule has 0 radical (unpaired) electrons. The number of nitrogens with zero attached hydrogens (tertiary/aromatic N) is 4. The molecule has 0 atom stereocenters. The van der Waals surface area contributed by atoms with E-state index in [-0.39, 0.29) is 49.0 Å². The molecule has 12 heteroatoms. The van der Waals surface area contributed by atoms with Gasteiger partial charge in [-0.25, -0.2) is 4.99 Å². The van der Waals surface area contributed by atoms with E-state index in [9.17, 15) is 19.2 Å². The fraction of sp³-hybridized carbons (Fsp3) is 0.462. The molecule has 4 amide bonds. The lowest BCUT2D eigenvalue weighted by Gasteiger charge is -2.41. The minimum Gasteiger partial charge on any atom is -0.339 e. The summed E-state index contributed by atoms with van der Waals surface area (Å²) in [6.07, 6.45) is 8.25. The molecule has 2 saturated heterocycles. The van der Waals surface area contributed by atoms with E-state index in [2.05, 4.69) is 37.7 Å². The molecule has 0 aromatic heterocycles. The standard InChI is InChI=1S/C39H52N8O4/c1-29-42-16-8-4-5-9-30-12-13-34(23-33(30)24-35(48)43-29)44-36(49)27-47(26-32-11-7-6-10-31(32)25-40-3)38(51)39(2)14-19-45(20-15-39)28-37(50)46-21-17-41-18-22-46/h4,6-8,10-13,16,23,40-41H,1,5,9,14-15,17-22,24-28H2,2-3H3,(H,43,48)(H,44,49)/b8-4-,42-16-. The van der Waals surface area contributed by atoms with E-state index in [1.807, 2.05) is 73.5 Å². The van der Waals surface area contributed by atoms with E-state index in [1.54, 1.807) is 11.1 Å². The Morgan fingerprint density at radius 2 is 1.76 bits per heavy atom. The highest BCUT2D eigenvalue weighted by molar-refractivity contribution is 5.95. The monoisotopic (exact) mass is 696 g/mol. The third-order valence-corrected chi connectivity index (χ3v) is 9.93. The number of likely N-dealkylation sites (tertiary alicyclic amines) is 1. The fourth-order valence-corrected chi connectivity index (χ4v) is 6.91. The van der Waals surface area contributed by atoms with Crippen molar-refractivity contribution in [2.75, 3.05) is 64.7 Å². The van der Waals surface area contributed by atoms with Crippen LogP contribution in [0.5, 0.6) is 0 Å². The summed E-state index contributed by atoms with van der Waals surface area (Å²) >= 11 is 0. The van der Waals surface area contributed by atoms with Crippen LogP contribution in [0.25, 0.3) is 0 Å². The molecule has 3 heterocycles. The van der Waals surface area contributed by atoms with Gasteiger partial charge in [0.1, 0.15) is 12.4 Å². The quantitative estimate of drug-likeness (QED) is 0.300. The van der Waals surface area contributed by atoms with Crippen molar-refractivity contribution in [2.45, 2.75) is 52.1 Å². The minimum atomic E-state index is -0.680. The average Bonchev–Trinajstić information content (AvgIpc) is 3.11. The summed E-state index contributed by atoms with van der Waals surface area (Å²) in [6.45, 7) is 11.3. The zero-order chi connectivity index (χ0) is 36.2. The lowest BCUT2D eigenvalue weighted by Crippen LogP contribution is -2.53. The molecule has 0 aliphatic carbocycles. The van der Waals surface area contributed by atoms with Crippen molar-refractivity contribution in [2.24, 2.45) is 10.4 Å². The Bertz CT molecular complexity index is 1640. The van der Waals surface area contributed by atoms with Crippen LogP contribution in [-0.4, -0.2) is 104 Å². The largest absolute Gasteiger partial charge is 0.339 e. The summed E-state index contributed by atoms with van der Waals surface area (Å²) < 4.78 is 0. The number of aliphatic imine (C=N–C) groups is 1. The van der Waals surface area contributed by atoms with Gasteiger partial charge in [-0.3, -0.25) is 24.1 Å². The zero-order valence-corrected chi connectivity index (χ0v) is 30.0. The molecule has 0 unspecified atom stereocenters. The molecular formula is C39H52N8O4. The van der Waals surface area contributed by atoms with Crippen LogP contribution in [0.2, 0.25) is 0 Å². The summed E-state index contributed by atoms with van der Waals surface area (Å²) in [5.41, 5.74) is 3.73. The van der Waals surface area contributed by atoms with Crippen molar-refractivity contribution >= 4 is 35.5 Å². The van der Waals surface area contributed by atoms with Crippen molar-refractivity contribution in [3.63, 3.8) is 0 Å². The average molecular weight is 697 g/mol. The lowest BCUT2D eigenvalue weighted by atomic mass is 9.78. The lowest BCUT2D eigenvalue weighted by molar-refractivity contribution is -0.147. The van der Waals surface area contributed by atoms with Gasteiger partial charge in [-0.05, 0) is 86.3 Å².